The molecule has 0 aromatic carbocycles. The van der Waals surface area contributed by atoms with Crippen LogP contribution in [-0.4, -0.2) is 33.1 Å². The molecule has 0 spiro atoms. The largest absolute Gasteiger partial charge is 0.349 e. The van der Waals surface area contributed by atoms with E-state index in [-0.39, 0.29) is 6.61 Å². The molecule has 6 heteroatoms. The minimum atomic E-state index is -3.54. The SMILES string of the molecule is CCOS(=O)(=O)NN1CCCC1. The third-order valence-electron chi connectivity index (χ3n) is 1.62. The lowest BCUT2D eigenvalue weighted by Crippen LogP contribution is -2.40. The first kappa shape index (κ1) is 9.91. The smallest absolute Gasteiger partial charge is 0.257 e. The summed E-state index contributed by atoms with van der Waals surface area (Å²) in [6.45, 7) is 3.35. The lowest BCUT2D eigenvalue weighted by Gasteiger charge is -2.15. The van der Waals surface area contributed by atoms with Gasteiger partial charge in [0.15, 0.2) is 0 Å². The zero-order valence-corrected chi connectivity index (χ0v) is 7.93. The van der Waals surface area contributed by atoms with Crippen molar-refractivity contribution in [2.75, 3.05) is 19.7 Å². The summed E-state index contributed by atoms with van der Waals surface area (Å²) >= 11 is 0. The minimum absolute atomic E-state index is 0.170. The van der Waals surface area contributed by atoms with Gasteiger partial charge in [0.25, 0.3) is 0 Å². The van der Waals surface area contributed by atoms with Gasteiger partial charge in [-0.3, -0.25) is 4.18 Å². The maximum absolute atomic E-state index is 11.0. The Morgan fingerprint density at radius 2 is 2.00 bits per heavy atom. The van der Waals surface area contributed by atoms with Crippen LogP contribution < -0.4 is 4.83 Å². The minimum Gasteiger partial charge on any atom is -0.257 e. The fourth-order valence-corrected chi connectivity index (χ4v) is 2.01. The fourth-order valence-electron chi connectivity index (χ4n) is 1.15. The second-order valence-corrected chi connectivity index (χ2v) is 3.97. The molecule has 1 aliphatic heterocycles. The van der Waals surface area contributed by atoms with Crippen LogP contribution in [0.4, 0.5) is 0 Å². The number of nitrogens with one attached hydrogen (secondary N) is 1. The molecule has 1 fully saturated rings. The summed E-state index contributed by atoms with van der Waals surface area (Å²) < 4.78 is 26.5. The Morgan fingerprint density at radius 1 is 1.42 bits per heavy atom. The van der Waals surface area contributed by atoms with Crippen LogP contribution in [0, 0.1) is 0 Å². The second kappa shape index (κ2) is 4.18. The van der Waals surface area contributed by atoms with Gasteiger partial charge in [0.1, 0.15) is 0 Å². The van der Waals surface area contributed by atoms with Crippen molar-refractivity contribution in [1.82, 2.24) is 9.84 Å². The highest BCUT2D eigenvalue weighted by Crippen LogP contribution is 2.05. The van der Waals surface area contributed by atoms with Crippen molar-refractivity contribution in [1.29, 1.82) is 0 Å². The highest BCUT2D eigenvalue weighted by molar-refractivity contribution is 7.84. The second-order valence-electron chi connectivity index (χ2n) is 2.65. The van der Waals surface area contributed by atoms with Gasteiger partial charge >= 0.3 is 10.3 Å². The molecule has 0 radical (unpaired) electrons. The molecule has 72 valence electrons. The maximum Gasteiger partial charge on any atom is 0.349 e. The molecule has 0 bridgehead atoms. The quantitative estimate of drug-likeness (QED) is 0.677. The molecule has 12 heavy (non-hydrogen) atoms. The number of hydrazine groups is 1. The normalized spacial score (nSPS) is 20.1. The monoisotopic (exact) mass is 194 g/mol. The lowest BCUT2D eigenvalue weighted by molar-refractivity contribution is 0.255. The van der Waals surface area contributed by atoms with E-state index >= 15 is 0 Å². The van der Waals surface area contributed by atoms with Gasteiger partial charge in [-0.1, -0.05) is 0 Å². The first-order valence-electron chi connectivity index (χ1n) is 4.06. The Balaban J connectivity index is 2.38. The summed E-state index contributed by atoms with van der Waals surface area (Å²) in [5, 5.41) is 1.66. The molecule has 0 atom stereocenters. The maximum atomic E-state index is 11.0. The van der Waals surface area contributed by atoms with Crippen molar-refractivity contribution in [2.24, 2.45) is 0 Å². The molecule has 1 heterocycles. The van der Waals surface area contributed by atoms with E-state index < -0.39 is 10.3 Å². The van der Waals surface area contributed by atoms with Crippen LogP contribution in [0.2, 0.25) is 0 Å². The first-order chi connectivity index (χ1) is 5.64. The molecular formula is C6H14N2O3S. The molecule has 1 N–H and O–H groups in total. The third kappa shape index (κ3) is 3.06. The number of hydrogen-bond acceptors (Lipinski definition) is 4. The van der Waals surface area contributed by atoms with Gasteiger partial charge in [-0.15, -0.1) is 4.83 Å². The van der Waals surface area contributed by atoms with Crippen molar-refractivity contribution in [3.05, 3.63) is 0 Å². The number of hydrogen-bond donors (Lipinski definition) is 1. The van der Waals surface area contributed by atoms with E-state index in [1.807, 2.05) is 0 Å². The van der Waals surface area contributed by atoms with Gasteiger partial charge in [-0.25, -0.2) is 5.01 Å². The predicted molar refractivity (Wildman–Crippen MR) is 44.5 cm³/mol. The molecule has 1 aliphatic rings. The Morgan fingerprint density at radius 3 is 2.50 bits per heavy atom. The summed E-state index contributed by atoms with van der Waals surface area (Å²) in [4.78, 5) is 2.34. The average Bonchev–Trinajstić information content (AvgIpc) is 2.38. The van der Waals surface area contributed by atoms with E-state index in [4.69, 9.17) is 0 Å². The van der Waals surface area contributed by atoms with Crippen LogP contribution >= 0.6 is 0 Å². The van der Waals surface area contributed by atoms with Crippen molar-refractivity contribution in [2.45, 2.75) is 19.8 Å². The van der Waals surface area contributed by atoms with Crippen LogP contribution in [-0.2, 0) is 14.5 Å². The number of nitrogens with zero attached hydrogens (tertiary/aromatic N) is 1. The van der Waals surface area contributed by atoms with E-state index in [0.29, 0.717) is 0 Å². The summed E-state index contributed by atoms with van der Waals surface area (Å²) in [5.74, 6) is 0. The molecule has 1 saturated heterocycles. The summed E-state index contributed by atoms with van der Waals surface area (Å²) in [7, 11) is -3.54. The van der Waals surface area contributed by atoms with Gasteiger partial charge < -0.3 is 0 Å². The molecule has 1 rings (SSSR count). The van der Waals surface area contributed by atoms with Crippen LogP contribution in [0.25, 0.3) is 0 Å². The zero-order chi connectivity index (χ0) is 9.03. The molecule has 0 unspecified atom stereocenters. The van der Waals surface area contributed by atoms with E-state index in [2.05, 4.69) is 9.01 Å². The molecule has 0 aliphatic carbocycles. The summed E-state index contributed by atoms with van der Waals surface area (Å²) in [6.07, 6.45) is 2.07. The fraction of sp³-hybridized carbons (Fsp3) is 1.00. The molecule has 0 amide bonds. The van der Waals surface area contributed by atoms with Gasteiger partial charge in [0.05, 0.1) is 6.61 Å². The first-order valence-corrected chi connectivity index (χ1v) is 5.46. The molecule has 0 aromatic heterocycles. The average molecular weight is 194 g/mol. The zero-order valence-electron chi connectivity index (χ0n) is 7.12. The highest BCUT2D eigenvalue weighted by atomic mass is 32.2. The van der Waals surface area contributed by atoms with Crippen LogP contribution in [0.15, 0.2) is 0 Å². The molecule has 0 saturated carbocycles. The van der Waals surface area contributed by atoms with Crippen molar-refractivity contribution >= 4 is 10.3 Å². The van der Waals surface area contributed by atoms with Crippen molar-refractivity contribution in [3.63, 3.8) is 0 Å². The Labute approximate surface area is 72.9 Å². The third-order valence-corrected chi connectivity index (χ3v) is 2.65. The van der Waals surface area contributed by atoms with Gasteiger partial charge in [0, 0.05) is 13.1 Å². The van der Waals surface area contributed by atoms with Crippen LogP contribution in [0.5, 0.6) is 0 Å². The van der Waals surface area contributed by atoms with E-state index in [9.17, 15) is 8.42 Å². The lowest BCUT2D eigenvalue weighted by atomic mass is 10.4. The predicted octanol–water partition coefficient (Wildman–Crippen LogP) is -0.132. The topological polar surface area (TPSA) is 58.6 Å². The van der Waals surface area contributed by atoms with E-state index in [1.54, 1.807) is 11.9 Å². The standard InChI is InChI=1S/C6H14N2O3S/c1-2-11-12(9,10)7-8-5-3-4-6-8/h7H,2-6H2,1H3. The van der Waals surface area contributed by atoms with E-state index in [0.717, 1.165) is 25.9 Å². The van der Waals surface area contributed by atoms with Crippen molar-refractivity contribution in [3.8, 4) is 0 Å². The molecule has 0 aromatic rings. The van der Waals surface area contributed by atoms with Crippen molar-refractivity contribution < 1.29 is 12.6 Å². The highest BCUT2D eigenvalue weighted by Gasteiger charge is 2.18. The molecular weight excluding hydrogens is 180 g/mol. The van der Waals surface area contributed by atoms with Gasteiger partial charge in [-0.05, 0) is 19.8 Å². The Kier molecular flexibility index (Phi) is 3.45. The van der Waals surface area contributed by atoms with Crippen LogP contribution in [0.1, 0.15) is 19.8 Å². The van der Waals surface area contributed by atoms with Crippen LogP contribution in [0.3, 0.4) is 0 Å². The van der Waals surface area contributed by atoms with E-state index in [1.165, 1.54) is 0 Å². The summed E-state index contributed by atoms with van der Waals surface area (Å²) in [6, 6.07) is 0. The van der Waals surface area contributed by atoms with Gasteiger partial charge in [-0.2, -0.15) is 8.42 Å². The van der Waals surface area contributed by atoms with Gasteiger partial charge in [0.2, 0.25) is 0 Å². The Bertz CT molecular complexity index is 221. The number of rotatable bonds is 4. The Hall–Kier alpha value is -0.170. The summed E-state index contributed by atoms with van der Waals surface area (Å²) in [5.41, 5.74) is 0. The molecule has 5 nitrogen and oxygen atoms in total.